The van der Waals surface area contributed by atoms with E-state index in [2.05, 4.69) is 71.1 Å². The summed E-state index contributed by atoms with van der Waals surface area (Å²) in [6, 6.07) is 3.47. The van der Waals surface area contributed by atoms with E-state index in [1.165, 1.54) is 0 Å². The van der Waals surface area contributed by atoms with E-state index in [4.69, 9.17) is 4.74 Å². The number of tetrazole rings is 1. The number of methoxy groups -OCH3 is 1. The maximum absolute atomic E-state index is 11.9. The summed E-state index contributed by atoms with van der Waals surface area (Å²) in [7, 11) is 1.60. The van der Waals surface area contributed by atoms with Crippen LogP contribution >= 0.6 is 45.2 Å². The summed E-state index contributed by atoms with van der Waals surface area (Å²) in [4.78, 5) is 11.9. The van der Waals surface area contributed by atoms with Crippen molar-refractivity contribution >= 4 is 57.0 Å². The van der Waals surface area contributed by atoms with Crippen molar-refractivity contribution in [2.45, 2.75) is 0 Å². The summed E-state index contributed by atoms with van der Waals surface area (Å²) in [5.41, 5.74) is 0.509. The van der Waals surface area contributed by atoms with Crippen LogP contribution < -0.4 is 10.1 Å². The summed E-state index contributed by atoms with van der Waals surface area (Å²) in [6.07, 6.45) is 0. The number of hydrogen-bond donors (Lipinski definition) is 2. The number of aromatic nitrogens is 4. The van der Waals surface area contributed by atoms with Gasteiger partial charge in [0.05, 0.1) is 14.3 Å². The fourth-order valence-electron chi connectivity index (χ4n) is 1.27. The number of carbonyl (C=O) groups excluding carboxylic acids is 1. The van der Waals surface area contributed by atoms with E-state index in [0.29, 0.717) is 5.56 Å². The van der Waals surface area contributed by atoms with Crippen LogP contribution in [0.4, 0.5) is 5.95 Å². The second-order valence-electron chi connectivity index (χ2n) is 3.16. The highest BCUT2D eigenvalue weighted by molar-refractivity contribution is 14.1. The highest BCUT2D eigenvalue weighted by atomic mass is 127. The third kappa shape index (κ3) is 2.88. The number of halogens is 2. The molecular weight excluding hydrogens is 464 g/mol. The number of benzene rings is 1. The van der Waals surface area contributed by atoms with Gasteiger partial charge in [-0.25, -0.2) is 0 Å². The van der Waals surface area contributed by atoms with Crippen molar-refractivity contribution < 1.29 is 9.53 Å². The first kappa shape index (κ1) is 13.5. The second kappa shape index (κ2) is 5.77. The fraction of sp³-hybridized carbons (Fsp3) is 0.111. The van der Waals surface area contributed by atoms with Crippen molar-refractivity contribution in [2.75, 3.05) is 12.4 Å². The number of nitrogens with one attached hydrogen (secondary N) is 2. The van der Waals surface area contributed by atoms with Crippen LogP contribution in [0.25, 0.3) is 0 Å². The van der Waals surface area contributed by atoms with Gasteiger partial charge in [0.1, 0.15) is 5.75 Å². The van der Waals surface area contributed by atoms with Gasteiger partial charge in [0.25, 0.3) is 11.9 Å². The molecule has 0 radical (unpaired) electrons. The Morgan fingerprint density at radius 2 is 2.06 bits per heavy atom. The molecule has 2 N–H and O–H groups in total. The highest BCUT2D eigenvalue weighted by Crippen LogP contribution is 2.28. The van der Waals surface area contributed by atoms with E-state index >= 15 is 0 Å². The van der Waals surface area contributed by atoms with Crippen LogP contribution in [0.2, 0.25) is 0 Å². The molecule has 1 heterocycles. The molecule has 0 aliphatic carbocycles. The zero-order valence-electron chi connectivity index (χ0n) is 9.07. The first-order valence-electron chi connectivity index (χ1n) is 4.69. The van der Waals surface area contributed by atoms with Gasteiger partial charge in [-0.15, -0.1) is 5.10 Å². The lowest BCUT2D eigenvalue weighted by molar-refractivity contribution is 0.102. The molecule has 1 amide bonds. The van der Waals surface area contributed by atoms with E-state index in [1.54, 1.807) is 19.2 Å². The summed E-state index contributed by atoms with van der Waals surface area (Å²) in [6.45, 7) is 0. The predicted octanol–water partition coefficient (Wildman–Crippen LogP) is 1.67. The number of H-pyrrole nitrogens is 1. The Bertz CT molecular complexity index is 549. The van der Waals surface area contributed by atoms with Gasteiger partial charge in [0.2, 0.25) is 0 Å². The summed E-state index contributed by atoms with van der Waals surface area (Å²) in [5, 5.41) is 15.5. The summed E-state index contributed by atoms with van der Waals surface area (Å²) >= 11 is 4.23. The molecule has 7 nitrogen and oxygen atoms in total. The SMILES string of the molecule is COc1c(I)cc(C(=O)Nc2nn[nH]n2)cc1I. The van der Waals surface area contributed by atoms with Gasteiger partial charge in [-0.2, -0.15) is 5.21 Å². The van der Waals surface area contributed by atoms with E-state index in [9.17, 15) is 4.79 Å². The van der Waals surface area contributed by atoms with Crippen LogP contribution in [0.5, 0.6) is 5.75 Å². The minimum absolute atomic E-state index is 0.140. The molecule has 0 unspecified atom stereocenters. The number of amides is 1. The van der Waals surface area contributed by atoms with Crippen LogP contribution in [0.3, 0.4) is 0 Å². The van der Waals surface area contributed by atoms with Crippen LogP contribution in [0.1, 0.15) is 10.4 Å². The van der Waals surface area contributed by atoms with Crippen LogP contribution in [-0.2, 0) is 0 Å². The number of anilines is 1. The Balaban J connectivity index is 2.26. The minimum Gasteiger partial charge on any atom is -0.495 e. The standard InChI is InChI=1S/C9H7I2N5O2/c1-18-7-5(10)2-4(3-6(7)11)8(17)12-9-13-15-16-14-9/h2-3H,1H3,(H2,12,13,14,15,16,17). The quantitative estimate of drug-likeness (QED) is 0.666. The highest BCUT2D eigenvalue weighted by Gasteiger charge is 2.14. The number of nitrogens with zero attached hydrogens (tertiary/aromatic N) is 3. The smallest absolute Gasteiger partial charge is 0.270 e. The van der Waals surface area contributed by atoms with E-state index in [0.717, 1.165) is 12.9 Å². The predicted molar refractivity (Wildman–Crippen MR) is 80.6 cm³/mol. The number of carbonyl (C=O) groups is 1. The van der Waals surface area contributed by atoms with Gasteiger partial charge in [0, 0.05) is 5.56 Å². The van der Waals surface area contributed by atoms with Crippen LogP contribution in [0.15, 0.2) is 12.1 Å². The Kier molecular flexibility index (Phi) is 4.31. The zero-order chi connectivity index (χ0) is 13.1. The molecule has 2 rings (SSSR count). The number of rotatable bonds is 3. The van der Waals surface area contributed by atoms with Crippen LogP contribution in [-0.4, -0.2) is 33.6 Å². The Morgan fingerprint density at radius 1 is 1.39 bits per heavy atom. The molecular formula is C9H7I2N5O2. The molecule has 0 spiro atoms. The van der Waals surface area contributed by atoms with Gasteiger partial charge in [-0.3, -0.25) is 10.1 Å². The molecule has 2 aromatic rings. The molecule has 9 heteroatoms. The van der Waals surface area contributed by atoms with E-state index in [1.807, 2.05) is 0 Å². The first-order valence-corrected chi connectivity index (χ1v) is 6.85. The van der Waals surface area contributed by atoms with Crippen molar-refractivity contribution in [3.8, 4) is 5.75 Å². The number of ether oxygens (including phenoxy) is 1. The van der Waals surface area contributed by atoms with E-state index < -0.39 is 0 Å². The molecule has 0 aliphatic rings. The molecule has 1 aromatic carbocycles. The normalized spacial score (nSPS) is 10.2. The molecule has 18 heavy (non-hydrogen) atoms. The maximum atomic E-state index is 11.9. The van der Waals surface area contributed by atoms with Crippen molar-refractivity contribution in [1.82, 2.24) is 20.6 Å². The lowest BCUT2D eigenvalue weighted by Crippen LogP contribution is -2.13. The Labute approximate surface area is 129 Å². The maximum Gasteiger partial charge on any atom is 0.270 e. The molecule has 0 saturated carbocycles. The molecule has 1 aromatic heterocycles. The average molecular weight is 471 g/mol. The largest absolute Gasteiger partial charge is 0.495 e. The van der Waals surface area contributed by atoms with Gasteiger partial charge < -0.3 is 4.74 Å². The Hall–Kier alpha value is -0.980. The molecule has 0 bridgehead atoms. The lowest BCUT2D eigenvalue weighted by Gasteiger charge is -2.08. The molecule has 0 atom stereocenters. The van der Waals surface area contributed by atoms with Crippen molar-refractivity contribution in [2.24, 2.45) is 0 Å². The van der Waals surface area contributed by atoms with Gasteiger partial charge in [-0.05, 0) is 62.5 Å². The summed E-state index contributed by atoms with van der Waals surface area (Å²) in [5.74, 6) is 0.600. The molecule has 0 fully saturated rings. The van der Waals surface area contributed by atoms with Crippen molar-refractivity contribution in [1.29, 1.82) is 0 Å². The topological polar surface area (TPSA) is 92.8 Å². The Morgan fingerprint density at radius 3 is 2.56 bits per heavy atom. The van der Waals surface area contributed by atoms with Gasteiger partial charge >= 0.3 is 0 Å². The van der Waals surface area contributed by atoms with Gasteiger partial charge in [-0.1, -0.05) is 5.10 Å². The van der Waals surface area contributed by atoms with E-state index in [-0.39, 0.29) is 11.9 Å². The molecule has 94 valence electrons. The first-order chi connectivity index (χ1) is 8.61. The minimum atomic E-state index is -0.296. The van der Waals surface area contributed by atoms with Gasteiger partial charge in [0.15, 0.2) is 0 Å². The van der Waals surface area contributed by atoms with Crippen molar-refractivity contribution in [3.05, 3.63) is 24.8 Å². The second-order valence-corrected chi connectivity index (χ2v) is 5.49. The van der Waals surface area contributed by atoms with Crippen molar-refractivity contribution in [3.63, 3.8) is 0 Å². The number of aromatic amines is 1. The zero-order valence-corrected chi connectivity index (χ0v) is 13.4. The molecule has 0 aliphatic heterocycles. The summed E-state index contributed by atoms with van der Waals surface area (Å²) < 4.78 is 6.95. The average Bonchev–Trinajstić information content (AvgIpc) is 2.81. The number of hydrogen-bond acceptors (Lipinski definition) is 5. The van der Waals surface area contributed by atoms with Crippen LogP contribution in [0, 0.1) is 7.14 Å². The lowest BCUT2D eigenvalue weighted by atomic mass is 10.2. The third-order valence-corrected chi connectivity index (χ3v) is 3.64. The molecule has 0 saturated heterocycles. The third-order valence-electron chi connectivity index (χ3n) is 2.04. The fourth-order valence-corrected chi connectivity index (χ4v) is 3.48. The monoisotopic (exact) mass is 471 g/mol.